The third-order valence-corrected chi connectivity index (χ3v) is 5.87. The van der Waals surface area contributed by atoms with Gasteiger partial charge in [-0.05, 0) is 52.4 Å². The molecule has 0 amide bonds. The van der Waals surface area contributed by atoms with Crippen molar-refractivity contribution in [1.82, 2.24) is 0 Å². The van der Waals surface area contributed by atoms with Gasteiger partial charge in [0.05, 0.1) is 11.1 Å². The molecule has 0 saturated heterocycles. The molecule has 0 bridgehead atoms. The first-order chi connectivity index (χ1) is 14.2. The monoisotopic (exact) mass is 430 g/mol. The van der Waals surface area contributed by atoms with Gasteiger partial charge in [0.2, 0.25) is 0 Å². The van der Waals surface area contributed by atoms with E-state index in [4.69, 9.17) is 0 Å². The Morgan fingerprint density at radius 3 is 2.47 bits per heavy atom. The summed E-state index contributed by atoms with van der Waals surface area (Å²) in [4.78, 5) is 12.1. The van der Waals surface area contributed by atoms with E-state index in [0.29, 0.717) is 23.1 Å². The second-order valence-corrected chi connectivity index (χ2v) is 7.98. The molecule has 0 saturated carbocycles. The fourth-order valence-corrected chi connectivity index (χ4v) is 4.59. The van der Waals surface area contributed by atoms with Gasteiger partial charge in [-0.1, -0.05) is 36.4 Å². The third-order valence-electron chi connectivity index (χ3n) is 4.68. The van der Waals surface area contributed by atoms with Gasteiger partial charge >= 0.3 is 12.1 Å². The van der Waals surface area contributed by atoms with E-state index in [-0.39, 0.29) is 5.56 Å². The highest BCUT2D eigenvalue weighted by atomic mass is 32.1. The largest absolute Gasteiger partial charge is 0.478 e. The second-order valence-electron chi connectivity index (χ2n) is 6.85. The van der Waals surface area contributed by atoms with Gasteiger partial charge in [-0.25, -0.2) is 9.18 Å². The molecular weight excluding hydrogens is 416 g/mol. The number of hydrogen-bond donors (Lipinski definition) is 1. The van der Waals surface area contributed by atoms with E-state index in [9.17, 15) is 27.5 Å². The lowest BCUT2D eigenvalue weighted by Crippen LogP contribution is -2.05. The molecule has 30 heavy (non-hydrogen) atoms. The molecule has 2 nitrogen and oxygen atoms in total. The Hall–Kier alpha value is -3.19. The molecule has 0 aliphatic heterocycles. The van der Waals surface area contributed by atoms with Crippen LogP contribution in [0.3, 0.4) is 0 Å². The Balaban J connectivity index is 1.74. The predicted molar refractivity (Wildman–Crippen MR) is 108 cm³/mol. The Labute approximate surface area is 173 Å². The maximum absolute atomic E-state index is 13.9. The SMILES string of the molecule is O=C(O)c1cc(F)cc(-c2cccc3cc(Cc4cccc(C(F)(F)F)c4)sc23)c1. The molecular formula is C23H14F4O2S. The molecule has 4 aromatic rings. The highest BCUT2D eigenvalue weighted by Crippen LogP contribution is 2.37. The van der Waals surface area contributed by atoms with Crippen LogP contribution in [0.15, 0.2) is 66.7 Å². The highest BCUT2D eigenvalue weighted by Gasteiger charge is 2.30. The van der Waals surface area contributed by atoms with Crippen molar-refractivity contribution in [2.75, 3.05) is 0 Å². The van der Waals surface area contributed by atoms with Crippen molar-refractivity contribution in [3.05, 3.63) is 94.1 Å². The van der Waals surface area contributed by atoms with Crippen LogP contribution in [0.5, 0.6) is 0 Å². The third kappa shape index (κ3) is 4.07. The Morgan fingerprint density at radius 1 is 0.967 bits per heavy atom. The predicted octanol–water partition coefficient (Wildman–Crippen LogP) is 7.02. The Morgan fingerprint density at radius 2 is 1.73 bits per heavy atom. The summed E-state index contributed by atoms with van der Waals surface area (Å²) in [6.07, 6.45) is -4.07. The fraction of sp³-hybridized carbons (Fsp3) is 0.0870. The molecule has 0 spiro atoms. The van der Waals surface area contributed by atoms with E-state index in [0.717, 1.165) is 33.2 Å². The van der Waals surface area contributed by atoms with E-state index in [1.54, 1.807) is 18.2 Å². The summed E-state index contributed by atoms with van der Waals surface area (Å²) in [7, 11) is 0. The van der Waals surface area contributed by atoms with Crippen LogP contribution in [-0.4, -0.2) is 11.1 Å². The summed E-state index contributed by atoms with van der Waals surface area (Å²) in [5.74, 6) is -1.87. The standard InChI is InChI=1S/C23H14F4O2S/c24-18-10-15(9-16(11-18)22(28)29)20-6-2-4-14-12-19(30-21(14)20)8-13-3-1-5-17(7-13)23(25,26)27/h1-7,9-12H,8H2,(H,28,29). The number of rotatable bonds is 4. The first-order valence-corrected chi connectivity index (χ1v) is 9.74. The zero-order valence-corrected chi connectivity index (χ0v) is 16.2. The molecule has 1 N–H and O–H groups in total. The van der Waals surface area contributed by atoms with Crippen molar-refractivity contribution in [3.8, 4) is 11.1 Å². The van der Waals surface area contributed by atoms with Gasteiger partial charge in [-0.3, -0.25) is 0 Å². The fourth-order valence-electron chi connectivity index (χ4n) is 3.36. The lowest BCUT2D eigenvalue weighted by molar-refractivity contribution is -0.137. The zero-order valence-electron chi connectivity index (χ0n) is 15.3. The number of carbonyl (C=O) groups is 1. The van der Waals surface area contributed by atoms with Crippen molar-refractivity contribution >= 4 is 27.4 Å². The maximum atomic E-state index is 13.9. The normalized spacial score (nSPS) is 11.7. The van der Waals surface area contributed by atoms with Crippen LogP contribution < -0.4 is 0 Å². The topological polar surface area (TPSA) is 37.3 Å². The molecule has 152 valence electrons. The number of carboxylic acids is 1. The van der Waals surface area contributed by atoms with E-state index in [1.807, 2.05) is 12.1 Å². The number of alkyl halides is 3. The summed E-state index contributed by atoms with van der Waals surface area (Å²) in [6, 6.07) is 16.1. The van der Waals surface area contributed by atoms with E-state index >= 15 is 0 Å². The first kappa shape index (κ1) is 20.1. The quantitative estimate of drug-likeness (QED) is 0.354. The van der Waals surface area contributed by atoms with Gasteiger partial charge in [0.15, 0.2) is 0 Å². The molecule has 1 aromatic heterocycles. The summed E-state index contributed by atoms with van der Waals surface area (Å²) < 4.78 is 53.7. The van der Waals surface area contributed by atoms with Crippen LogP contribution >= 0.6 is 11.3 Å². The number of thiophene rings is 1. The number of fused-ring (bicyclic) bond motifs is 1. The van der Waals surface area contributed by atoms with Crippen LogP contribution in [0.25, 0.3) is 21.2 Å². The minimum absolute atomic E-state index is 0.150. The molecule has 0 unspecified atom stereocenters. The molecule has 0 aliphatic carbocycles. The van der Waals surface area contributed by atoms with Crippen molar-refractivity contribution in [1.29, 1.82) is 0 Å². The van der Waals surface area contributed by atoms with Gasteiger partial charge in [-0.15, -0.1) is 11.3 Å². The maximum Gasteiger partial charge on any atom is 0.416 e. The van der Waals surface area contributed by atoms with Gasteiger partial charge in [0.1, 0.15) is 5.82 Å². The van der Waals surface area contributed by atoms with Crippen molar-refractivity contribution in [2.45, 2.75) is 12.6 Å². The lowest BCUT2D eigenvalue weighted by atomic mass is 10.0. The minimum Gasteiger partial charge on any atom is -0.478 e. The summed E-state index contributed by atoms with van der Waals surface area (Å²) in [6.45, 7) is 0. The van der Waals surface area contributed by atoms with E-state index in [1.165, 1.54) is 29.5 Å². The molecule has 0 radical (unpaired) electrons. The van der Waals surface area contributed by atoms with Crippen LogP contribution in [0.2, 0.25) is 0 Å². The van der Waals surface area contributed by atoms with Crippen LogP contribution in [0.4, 0.5) is 17.6 Å². The first-order valence-electron chi connectivity index (χ1n) is 8.92. The van der Waals surface area contributed by atoms with Gasteiger partial charge < -0.3 is 5.11 Å². The van der Waals surface area contributed by atoms with Gasteiger partial charge in [-0.2, -0.15) is 13.2 Å². The van der Waals surface area contributed by atoms with Crippen molar-refractivity contribution < 1.29 is 27.5 Å². The van der Waals surface area contributed by atoms with E-state index in [2.05, 4.69) is 0 Å². The van der Waals surface area contributed by atoms with Gasteiger partial charge in [0, 0.05) is 16.0 Å². The number of halogens is 4. The average Bonchev–Trinajstić information content (AvgIpc) is 3.09. The molecule has 1 heterocycles. The lowest BCUT2D eigenvalue weighted by Gasteiger charge is -2.08. The Bertz CT molecular complexity index is 1260. The Kier molecular flexibility index (Phi) is 5.07. The van der Waals surface area contributed by atoms with Gasteiger partial charge in [0.25, 0.3) is 0 Å². The summed E-state index contributed by atoms with van der Waals surface area (Å²) in [5, 5.41) is 10.1. The smallest absolute Gasteiger partial charge is 0.416 e. The number of aromatic carboxylic acids is 1. The minimum atomic E-state index is -4.40. The zero-order chi connectivity index (χ0) is 21.5. The highest BCUT2D eigenvalue weighted by molar-refractivity contribution is 7.19. The molecule has 0 atom stereocenters. The van der Waals surface area contributed by atoms with Crippen LogP contribution in [-0.2, 0) is 12.6 Å². The number of hydrogen-bond acceptors (Lipinski definition) is 2. The van der Waals surface area contributed by atoms with Crippen LogP contribution in [0.1, 0.15) is 26.4 Å². The number of benzene rings is 3. The molecule has 0 aliphatic rings. The summed E-state index contributed by atoms with van der Waals surface area (Å²) in [5.41, 5.74) is 0.808. The molecule has 4 rings (SSSR count). The van der Waals surface area contributed by atoms with E-state index < -0.39 is 23.5 Å². The average molecular weight is 430 g/mol. The van der Waals surface area contributed by atoms with Crippen molar-refractivity contribution in [3.63, 3.8) is 0 Å². The van der Waals surface area contributed by atoms with Crippen molar-refractivity contribution in [2.24, 2.45) is 0 Å². The second kappa shape index (κ2) is 7.57. The molecule has 0 fully saturated rings. The molecule has 3 aromatic carbocycles. The number of carboxylic acid groups (broad SMARTS) is 1. The molecule has 7 heteroatoms. The van der Waals surface area contributed by atoms with Crippen LogP contribution in [0, 0.1) is 5.82 Å². The summed E-state index contributed by atoms with van der Waals surface area (Å²) >= 11 is 1.40.